The van der Waals surface area contributed by atoms with E-state index in [2.05, 4.69) is 27.4 Å². The Labute approximate surface area is 179 Å². The molecule has 30 heavy (non-hydrogen) atoms. The van der Waals surface area contributed by atoms with Crippen LogP contribution in [0.3, 0.4) is 0 Å². The number of nitrogens with zero attached hydrogens (tertiary/aromatic N) is 1. The van der Waals surface area contributed by atoms with Crippen LogP contribution in [0.1, 0.15) is 24.1 Å². The average Bonchev–Trinajstić information content (AvgIpc) is 2.73. The van der Waals surface area contributed by atoms with Crippen molar-refractivity contribution in [3.05, 3.63) is 87.4 Å². The second kappa shape index (κ2) is 8.20. The number of aromatic amines is 1. The predicted octanol–water partition coefficient (Wildman–Crippen LogP) is 5.73. The minimum atomic E-state index is -0.201. The van der Waals surface area contributed by atoms with E-state index in [1.54, 1.807) is 25.4 Å². The predicted molar refractivity (Wildman–Crippen MR) is 123 cm³/mol. The molecule has 4 rings (SSSR count). The van der Waals surface area contributed by atoms with Crippen molar-refractivity contribution in [3.8, 4) is 16.9 Å². The molecule has 4 aromatic rings. The smallest absolute Gasteiger partial charge is 0.253 e. The molecule has 152 valence electrons. The highest BCUT2D eigenvalue weighted by Crippen LogP contribution is 2.30. The van der Waals surface area contributed by atoms with Gasteiger partial charge in [-0.05, 0) is 60.9 Å². The largest absolute Gasteiger partial charge is 0.495 e. The molecule has 2 heterocycles. The number of nitrogens with one attached hydrogen (secondary N) is 2. The lowest BCUT2D eigenvalue weighted by Gasteiger charge is -2.17. The molecule has 0 bridgehead atoms. The van der Waals surface area contributed by atoms with Gasteiger partial charge < -0.3 is 15.0 Å². The number of H-pyrrole nitrogens is 1. The van der Waals surface area contributed by atoms with Gasteiger partial charge in [-0.25, -0.2) is 0 Å². The molecule has 2 N–H and O–H groups in total. The summed E-state index contributed by atoms with van der Waals surface area (Å²) in [5.41, 5.74) is 5.45. The summed E-state index contributed by atoms with van der Waals surface area (Å²) in [4.78, 5) is 19.8. The second-order valence-electron chi connectivity index (χ2n) is 7.27. The third-order valence-electron chi connectivity index (χ3n) is 5.19. The van der Waals surface area contributed by atoms with Crippen molar-refractivity contribution in [1.82, 2.24) is 9.97 Å². The first-order chi connectivity index (χ1) is 14.5. The number of aromatic nitrogens is 2. The van der Waals surface area contributed by atoms with Gasteiger partial charge in [0.15, 0.2) is 0 Å². The van der Waals surface area contributed by atoms with Crippen LogP contribution in [-0.2, 0) is 0 Å². The molecule has 0 unspecified atom stereocenters. The summed E-state index contributed by atoms with van der Waals surface area (Å²) in [5, 5.41) is 4.79. The van der Waals surface area contributed by atoms with Crippen molar-refractivity contribution in [2.45, 2.75) is 19.9 Å². The lowest BCUT2D eigenvalue weighted by molar-refractivity contribution is 0.415. The van der Waals surface area contributed by atoms with Crippen LogP contribution in [0.2, 0.25) is 5.02 Å². The first-order valence-corrected chi connectivity index (χ1v) is 10.0. The highest BCUT2D eigenvalue weighted by molar-refractivity contribution is 6.32. The monoisotopic (exact) mass is 419 g/mol. The van der Waals surface area contributed by atoms with Gasteiger partial charge in [0.2, 0.25) is 0 Å². The number of ether oxygens (including phenoxy) is 1. The van der Waals surface area contributed by atoms with Crippen molar-refractivity contribution in [1.29, 1.82) is 0 Å². The van der Waals surface area contributed by atoms with E-state index in [0.717, 1.165) is 27.8 Å². The first kappa shape index (κ1) is 20.0. The Bertz CT molecular complexity index is 1280. The molecular weight excluding hydrogens is 398 g/mol. The van der Waals surface area contributed by atoms with E-state index in [9.17, 15) is 4.79 Å². The summed E-state index contributed by atoms with van der Waals surface area (Å²) >= 11 is 6.26. The van der Waals surface area contributed by atoms with Crippen LogP contribution < -0.4 is 15.6 Å². The number of methoxy groups -OCH3 is 1. The first-order valence-electron chi connectivity index (χ1n) is 9.64. The fourth-order valence-electron chi connectivity index (χ4n) is 3.60. The Balaban J connectivity index is 1.66. The fraction of sp³-hybridized carbons (Fsp3) is 0.167. The van der Waals surface area contributed by atoms with Crippen LogP contribution in [-0.4, -0.2) is 17.1 Å². The highest BCUT2D eigenvalue weighted by Gasteiger charge is 2.13. The van der Waals surface area contributed by atoms with Crippen molar-refractivity contribution in [2.24, 2.45) is 0 Å². The summed E-state index contributed by atoms with van der Waals surface area (Å²) in [6, 6.07) is 15.3. The molecule has 0 amide bonds. The molecule has 0 saturated carbocycles. The van der Waals surface area contributed by atoms with Crippen LogP contribution in [0.15, 0.2) is 65.7 Å². The van der Waals surface area contributed by atoms with E-state index in [-0.39, 0.29) is 11.6 Å². The standard InChI is InChI=1S/C24H22ClN3O2/c1-14-13-26-8-7-19(14)16-5-4-6-18(9-16)27-15(2)20-10-17-11-21(25)23(30-3)12-22(17)28-24(20)29/h4-13,15,27H,1-3H3,(H,28,29)/t15-/m0/s1. The van der Waals surface area contributed by atoms with Gasteiger partial charge in [0.1, 0.15) is 5.75 Å². The maximum atomic E-state index is 12.7. The van der Waals surface area contributed by atoms with E-state index < -0.39 is 0 Å². The van der Waals surface area contributed by atoms with Gasteiger partial charge in [0, 0.05) is 35.1 Å². The number of aryl methyl sites for hydroxylation is 1. The van der Waals surface area contributed by atoms with Crippen LogP contribution in [0.5, 0.6) is 5.75 Å². The van der Waals surface area contributed by atoms with Gasteiger partial charge >= 0.3 is 0 Å². The molecule has 0 aliphatic heterocycles. The van der Waals surface area contributed by atoms with Crippen LogP contribution in [0.4, 0.5) is 5.69 Å². The average molecular weight is 420 g/mol. The molecule has 0 aliphatic carbocycles. The fourth-order valence-corrected chi connectivity index (χ4v) is 3.85. The number of anilines is 1. The second-order valence-corrected chi connectivity index (χ2v) is 7.67. The molecule has 5 nitrogen and oxygen atoms in total. The van der Waals surface area contributed by atoms with Gasteiger partial charge in [-0.3, -0.25) is 9.78 Å². The Morgan fingerprint density at radius 3 is 2.77 bits per heavy atom. The lowest BCUT2D eigenvalue weighted by atomic mass is 10.0. The maximum absolute atomic E-state index is 12.7. The lowest BCUT2D eigenvalue weighted by Crippen LogP contribution is -2.19. The van der Waals surface area contributed by atoms with Crippen LogP contribution in [0.25, 0.3) is 22.0 Å². The number of halogens is 1. The minimum Gasteiger partial charge on any atom is -0.495 e. The maximum Gasteiger partial charge on any atom is 0.253 e. The quantitative estimate of drug-likeness (QED) is 0.433. The molecule has 6 heteroatoms. The molecule has 2 aromatic heterocycles. The number of benzene rings is 2. The molecule has 2 aromatic carbocycles. The molecular formula is C24H22ClN3O2. The zero-order valence-corrected chi connectivity index (χ0v) is 17.7. The van der Waals surface area contributed by atoms with Crippen molar-refractivity contribution in [3.63, 3.8) is 0 Å². The Morgan fingerprint density at radius 2 is 2.00 bits per heavy atom. The van der Waals surface area contributed by atoms with Gasteiger partial charge in [-0.2, -0.15) is 0 Å². The Kier molecular flexibility index (Phi) is 5.46. The van der Waals surface area contributed by atoms with Gasteiger partial charge in [0.05, 0.1) is 23.7 Å². The van der Waals surface area contributed by atoms with E-state index >= 15 is 0 Å². The number of hydrogen-bond acceptors (Lipinski definition) is 4. The molecule has 1 atom stereocenters. The Hall–Kier alpha value is -3.31. The topological polar surface area (TPSA) is 67.0 Å². The van der Waals surface area contributed by atoms with Crippen LogP contribution >= 0.6 is 11.6 Å². The SMILES string of the molecule is COc1cc2[nH]c(=O)c([C@H](C)Nc3cccc(-c4ccncc4C)c3)cc2cc1Cl. The molecule has 0 fully saturated rings. The van der Waals surface area contributed by atoms with Gasteiger partial charge in [-0.1, -0.05) is 23.7 Å². The Morgan fingerprint density at radius 1 is 1.17 bits per heavy atom. The molecule has 0 spiro atoms. The summed E-state index contributed by atoms with van der Waals surface area (Å²) in [6.45, 7) is 4.01. The zero-order valence-electron chi connectivity index (χ0n) is 17.0. The highest BCUT2D eigenvalue weighted by atomic mass is 35.5. The van der Waals surface area contributed by atoms with Gasteiger partial charge in [0.25, 0.3) is 5.56 Å². The molecule has 0 radical (unpaired) electrons. The van der Waals surface area contributed by atoms with Crippen molar-refractivity contribution in [2.75, 3.05) is 12.4 Å². The molecule has 0 saturated heterocycles. The van der Waals surface area contributed by atoms with Gasteiger partial charge in [-0.15, -0.1) is 0 Å². The van der Waals surface area contributed by atoms with Crippen molar-refractivity contribution < 1.29 is 4.74 Å². The third kappa shape index (κ3) is 3.89. The normalized spacial score (nSPS) is 12.0. The number of pyridine rings is 2. The summed E-state index contributed by atoms with van der Waals surface area (Å²) in [6.07, 6.45) is 3.65. The van der Waals surface area contributed by atoms with Crippen molar-refractivity contribution >= 4 is 28.2 Å². The minimum absolute atomic E-state index is 0.145. The summed E-state index contributed by atoms with van der Waals surface area (Å²) in [5.74, 6) is 0.530. The summed E-state index contributed by atoms with van der Waals surface area (Å²) < 4.78 is 5.24. The van der Waals surface area contributed by atoms with E-state index in [1.807, 2.05) is 44.3 Å². The van der Waals surface area contributed by atoms with E-state index in [1.165, 1.54) is 0 Å². The number of rotatable bonds is 5. The number of fused-ring (bicyclic) bond motifs is 1. The van der Waals surface area contributed by atoms with Crippen LogP contribution in [0, 0.1) is 6.92 Å². The molecule has 0 aliphatic rings. The summed E-state index contributed by atoms with van der Waals surface area (Å²) in [7, 11) is 1.55. The van der Waals surface area contributed by atoms with E-state index in [4.69, 9.17) is 16.3 Å². The van der Waals surface area contributed by atoms with E-state index in [0.29, 0.717) is 21.9 Å². The zero-order chi connectivity index (χ0) is 21.3. The number of hydrogen-bond donors (Lipinski definition) is 2. The third-order valence-corrected chi connectivity index (χ3v) is 5.48.